The van der Waals surface area contributed by atoms with Crippen LogP contribution in [0.5, 0.6) is 0 Å². The molecule has 0 radical (unpaired) electrons. The first kappa shape index (κ1) is 10.9. The predicted molar refractivity (Wildman–Crippen MR) is 46.7 cm³/mol. The number of rotatable bonds is 2. The van der Waals surface area contributed by atoms with Crippen LogP contribution in [0.3, 0.4) is 0 Å². The van der Waals surface area contributed by atoms with E-state index in [4.69, 9.17) is 0 Å². The lowest BCUT2D eigenvalue weighted by Gasteiger charge is -2.39. The van der Waals surface area contributed by atoms with Crippen LogP contribution in [0.2, 0.25) is 0 Å². The van der Waals surface area contributed by atoms with Gasteiger partial charge in [-0.1, -0.05) is 0 Å². The van der Waals surface area contributed by atoms with Crippen LogP contribution in [0.15, 0.2) is 11.1 Å². The number of thioether (sulfide) groups is 1. The molecule has 0 bridgehead atoms. The SMILES string of the molecule is CC1(C)SC(C(=O)[O-])=CNC1C(=O)[O-]. The first-order valence-electron chi connectivity index (χ1n) is 3.92. The van der Waals surface area contributed by atoms with Crippen molar-refractivity contribution in [2.24, 2.45) is 0 Å². The van der Waals surface area contributed by atoms with Crippen LogP contribution in [0.25, 0.3) is 0 Å². The van der Waals surface area contributed by atoms with Gasteiger partial charge in [0.25, 0.3) is 0 Å². The molecule has 0 aliphatic carbocycles. The molecule has 0 aromatic rings. The van der Waals surface area contributed by atoms with Crippen molar-refractivity contribution < 1.29 is 19.8 Å². The molecule has 14 heavy (non-hydrogen) atoms. The van der Waals surface area contributed by atoms with Crippen LogP contribution in [0.1, 0.15) is 13.8 Å². The maximum absolute atomic E-state index is 10.7. The van der Waals surface area contributed by atoms with Gasteiger partial charge < -0.3 is 25.1 Å². The molecule has 1 atom stereocenters. The van der Waals surface area contributed by atoms with E-state index in [-0.39, 0.29) is 4.91 Å². The zero-order valence-electron chi connectivity index (χ0n) is 7.70. The predicted octanol–water partition coefficient (Wildman–Crippen LogP) is -2.19. The normalized spacial score (nSPS) is 24.7. The molecule has 0 saturated carbocycles. The second-order valence-corrected chi connectivity index (χ2v) is 5.12. The van der Waals surface area contributed by atoms with Gasteiger partial charge >= 0.3 is 0 Å². The van der Waals surface area contributed by atoms with Crippen molar-refractivity contribution in [1.82, 2.24) is 5.32 Å². The van der Waals surface area contributed by atoms with Gasteiger partial charge in [0.2, 0.25) is 0 Å². The molecule has 78 valence electrons. The van der Waals surface area contributed by atoms with E-state index in [1.807, 2.05) is 0 Å². The molecule has 1 rings (SSSR count). The van der Waals surface area contributed by atoms with Gasteiger partial charge in [0.05, 0.1) is 18.0 Å². The third-order valence-electron chi connectivity index (χ3n) is 1.89. The monoisotopic (exact) mass is 215 g/mol. The fourth-order valence-corrected chi connectivity index (χ4v) is 2.24. The van der Waals surface area contributed by atoms with E-state index in [1.165, 1.54) is 0 Å². The molecule has 1 aliphatic heterocycles. The van der Waals surface area contributed by atoms with E-state index in [1.54, 1.807) is 13.8 Å². The topological polar surface area (TPSA) is 92.3 Å². The largest absolute Gasteiger partial charge is 0.548 e. The molecular formula is C8H9NO4S-2. The van der Waals surface area contributed by atoms with Crippen LogP contribution in [-0.4, -0.2) is 22.7 Å². The van der Waals surface area contributed by atoms with Crippen molar-refractivity contribution >= 4 is 23.7 Å². The summed E-state index contributed by atoms with van der Waals surface area (Å²) in [6.07, 6.45) is 1.13. The Morgan fingerprint density at radius 2 is 2.07 bits per heavy atom. The van der Waals surface area contributed by atoms with Crippen molar-refractivity contribution in [2.75, 3.05) is 0 Å². The number of aliphatic carboxylic acids is 2. The standard InChI is InChI=1S/C8H11NO4S/c1-8(2)5(7(12)13)9-3-4(14-8)6(10)11/h3,5,9H,1-2H3,(H,10,11)(H,12,13)/p-2. The third-order valence-corrected chi connectivity index (χ3v) is 3.15. The smallest absolute Gasteiger partial charge is 0.0798 e. The molecule has 0 spiro atoms. The Morgan fingerprint density at radius 1 is 1.50 bits per heavy atom. The van der Waals surface area contributed by atoms with E-state index in [9.17, 15) is 19.8 Å². The molecule has 5 nitrogen and oxygen atoms in total. The zero-order chi connectivity index (χ0) is 10.9. The molecule has 0 aromatic heterocycles. The maximum atomic E-state index is 10.7. The summed E-state index contributed by atoms with van der Waals surface area (Å²) in [5, 5.41) is 23.7. The number of carboxylic acid groups (broad SMARTS) is 2. The first-order chi connectivity index (χ1) is 6.34. The summed E-state index contributed by atoms with van der Waals surface area (Å²) >= 11 is 0.949. The van der Waals surface area contributed by atoms with Crippen molar-refractivity contribution in [2.45, 2.75) is 24.6 Å². The third kappa shape index (κ3) is 2.01. The summed E-state index contributed by atoms with van der Waals surface area (Å²) in [4.78, 5) is 21.2. The summed E-state index contributed by atoms with van der Waals surface area (Å²) in [5.74, 6) is -2.57. The Balaban J connectivity index is 2.91. The molecule has 1 heterocycles. The van der Waals surface area contributed by atoms with Gasteiger partial charge in [-0.25, -0.2) is 0 Å². The minimum absolute atomic E-state index is 0.00694. The van der Waals surface area contributed by atoms with E-state index in [0.29, 0.717) is 0 Å². The molecule has 1 N–H and O–H groups in total. The number of carbonyl (C=O) groups is 2. The summed E-state index contributed by atoms with van der Waals surface area (Å²) in [5.41, 5.74) is 0. The number of hydrogen-bond acceptors (Lipinski definition) is 6. The van der Waals surface area contributed by atoms with Gasteiger partial charge in [0.15, 0.2) is 0 Å². The lowest BCUT2D eigenvalue weighted by molar-refractivity contribution is -0.309. The summed E-state index contributed by atoms with van der Waals surface area (Å²) < 4.78 is -0.775. The second kappa shape index (κ2) is 3.53. The van der Waals surface area contributed by atoms with Crippen molar-refractivity contribution in [1.29, 1.82) is 0 Å². The highest BCUT2D eigenvalue weighted by Crippen LogP contribution is 2.36. The average molecular weight is 215 g/mol. The number of carboxylic acids is 2. The van der Waals surface area contributed by atoms with Crippen molar-refractivity contribution in [3.63, 3.8) is 0 Å². The molecule has 0 fully saturated rings. The van der Waals surface area contributed by atoms with Gasteiger partial charge in [-0.05, 0) is 13.8 Å². The van der Waals surface area contributed by atoms with Crippen LogP contribution in [0.4, 0.5) is 0 Å². The Morgan fingerprint density at radius 3 is 2.43 bits per heavy atom. The first-order valence-corrected chi connectivity index (χ1v) is 4.73. The maximum Gasteiger partial charge on any atom is 0.0798 e. The molecule has 0 aromatic carbocycles. The van der Waals surface area contributed by atoms with Crippen LogP contribution in [0, 0.1) is 0 Å². The quantitative estimate of drug-likeness (QED) is 0.562. The van der Waals surface area contributed by atoms with Crippen molar-refractivity contribution in [3.8, 4) is 0 Å². The highest BCUT2D eigenvalue weighted by Gasteiger charge is 2.35. The summed E-state index contributed by atoms with van der Waals surface area (Å²) in [6.45, 7) is 3.25. The Hall–Kier alpha value is -1.17. The van der Waals surface area contributed by atoms with Gasteiger partial charge in [0, 0.05) is 15.9 Å². The van der Waals surface area contributed by atoms with Gasteiger partial charge in [0.1, 0.15) is 0 Å². The van der Waals surface area contributed by atoms with E-state index in [2.05, 4.69) is 5.32 Å². The average Bonchev–Trinajstić information content (AvgIpc) is 2.01. The highest BCUT2D eigenvalue weighted by atomic mass is 32.2. The number of hydrogen-bond donors (Lipinski definition) is 1. The lowest BCUT2D eigenvalue weighted by atomic mass is 10.0. The van der Waals surface area contributed by atoms with Gasteiger partial charge in [-0.3, -0.25) is 0 Å². The summed E-state index contributed by atoms with van der Waals surface area (Å²) in [7, 11) is 0. The van der Waals surface area contributed by atoms with Crippen LogP contribution >= 0.6 is 11.8 Å². The minimum Gasteiger partial charge on any atom is -0.548 e. The van der Waals surface area contributed by atoms with Gasteiger partial charge in [-0.15, -0.1) is 11.8 Å². The van der Waals surface area contributed by atoms with E-state index >= 15 is 0 Å². The summed E-state index contributed by atoms with van der Waals surface area (Å²) in [6, 6.07) is -0.907. The fourth-order valence-electron chi connectivity index (χ4n) is 1.18. The Labute approximate surface area is 85.2 Å². The van der Waals surface area contributed by atoms with E-state index in [0.717, 1.165) is 18.0 Å². The molecule has 0 saturated heterocycles. The van der Waals surface area contributed by atoms with Crippen LogP contribution in [-0.2, 0) is 9.59 Å². The molecule has 1 unspecified atom stereocenters. The number of carbonyl (C=O) groups excluding carboxylic acids is 2. The molecular weight excluding hydrogens is 206 g/mol. The molecule has 6 heteroatoms. The van der Waals surface area contributed by atoms with Crippen LogP contribution < -0.4 is 15.5 Å². The second-order valence-electron chi connectivity index (χ2n) is 3.42. The fraction of sp³-hybridized carbons (Fsp3) is 0.500. The van der Waals surface area contributed by atoms with Crippen molar-refractivity contribution in [3.05, 3.63) is 11.1 Å². The molecule has 0 amide bonds. The minimum atomic E-state index is -1.31. The zero-order valence-corrected chi connectivity index (χ0v) is 8.51. The number of nitrogens with one attached hydrogen (secondary N) is 1. The Kier molecular flexibility index (Phi) is 2.75. The van der Waals surface area contributed by atoms with Gasteiger partial charge in [-0.2, -0.15) is 0 Å². The lowest BCUT2D eigenvalue weighted by Crippen LogP contribution is -2.56. The Bertz CT molecular complexity index is 310. The molecule has 1 aliphatic rings. The highest BCUT2D eigenvalue weighted by molar-refractivity contribution is 8.05. The van der Waals surface area contributed by atoms with E-state index < -0.39 is 22.7 Å².